The first kappa shape index (κ1) is 27.8. The lowest BCUT2D eigenvalue weighted by Gasteiger charge is -2.27. The van der Waals surface area contributed by atoms with Crippen molar-refractivity contribution in [2.24, 2.45) is 0 Å². The van der Waals surface area contributed by atoms with Crippen LogP contribution in [0.25, 0.3) is 22.6 Å². The predicted octanol–water partition coefficient (Wildman–Crippen LogP) is 4.56. The molecule has 0 atom stereocenters. The number of ether oxygens (including phenoxy) is 2. The standard InChI is InChI=1S/C30H32N10O3/c1-4-40-29-26(36-37-40)28(39-15-17-43-18-16-39)34-27(35-29)20-5-7-21(8-6-20)32-30(41)33-22-9-11-23(12-10-22)38(2)24-13-14-25(42-3)31-19-24/h5-14,19H,4,15-18H2,1-3H3,(H2,32,33,41). The van der Waals surface area contributed by atoms with E-state index >= 15 is 0 Å². The lowest BCUT2D eigenvalue weighted by Crippen LogP contribution is -2.37. The number of benzene rings is 2. The van der Waals surface area contributed by atoms with E-state index in [-0.39, 0.29) is 6.03 Å². The van der Waals surface area contributed by atoms with Crippen molar-refractivity contribution in [3.8, 4) is 17.3 Å². The molecule has 0 radical (unpaired) electrons. The number of nitrogens with one attached hydrogen (secondary N) is 2. The van der Waals surface area contributed by atoms with E-state index in [9.17, 15) is 4.79 Å². The molecule has 1 saturated heterocycles. The van der Waals surface area contributed by atoms with Gasteiger partial charge in [-0.2, -0.15) is 0 Å². The molecule has 0 aliphatic carbocycles. The summed E-state index contributed by atoms with van der Waals surface area (Å²) in [5, 5.41) is 14.4. The number of amides is 2. The third-order valence-corrected chi connectivity index (χ3v) is 7.19. The van der Waals surface area contributed by atoms with Gasteiger partial charge in [0.25, 0.3) is 0 Å². The van der Waals surface area contributed by atoms with Crippen LogP contribution in [0.2, 0.25) is 0 Å². The lowest BCUT2D eigenvalue weighted by atomic mass is 10.2. The summed E-state index contributed by atoms with van der Waals surface area (Å²) in [4.78, 5) is 30.8. The quantitative estimate of drug-likeness (QED) is 0.269. The van der Waals surface area contributed by atoms with Crippen molar-refractivity contribution in [2.75, 3.05) is 60.9 Å². The predicted molar refractivity (Wildman–Crippen MR) is 165 cm³/mol. The van der Waals surface area contributed by atoms with E-state index in [0.29, 0.717) is 54.0 Å². The second-order valence-electron chi connectivity index (χ2n) is 9.87. The Morgan fingerprint density at radius 1 is 0.953 bits per heavy atom. The number of hydrogen-bond donors (Lipinski definition) is 2. The van der Waals surface area contributed by atoms with Crippen molar-refractivity contribution in [3.63, 3.8) is 0 Å². The van der Waals surface area contributed by atoms with Gasteiger partial charge in [-0.3, -0.25) is 0 Å². The monoisotopic (exact) mass is 580 g/mol. The van der Waals surface area contributed by atoms with Crippen LogP contribution in [0.3, 0.4) is 0 Å². The van der Waals surface area contributed by atoms with Crippen LogP contribution >= 0.6 is 0 Å². The fraction of sp³-hybridized carbons (Fsp3) is 0.267. The minimum absolute atomic E-state index is 0.349. The number of hydrogen-bond acceptors (Lipinski definition) is 10. The number of carbonyl (C=O) groups is 1. The third-order valence-electron chi connectivity index (χ3n) is 7.19. The third kappa shape index (κ3) is 6.02. The van der Waals surface area contributed by atoms with Gasteiger partial charge in [-0.05, 0) is 61.5 Å². The number of fused-ring (bicyclic) bond motifs is 1. The highest BCUT2D eigenvalue weighted by Crippen LogP contribution is 2.28. The average molecular weight is 581 g/mol. The molecule has 13 nitrogen and oxygen atoms in total. The van der Waals surface area contributed by atoms with E-state index in [1.165, 1.54) is 0 Å². The van der Waals surface area contributed by atoms with Crippen LogP contribution in [-0.2, 0) is 11.3 Å². The Balaban J connectivity index is 1.13. The molecule has 0 spiro atoms. The van der Waals surface area contributed by atoms with Crippen LogP contribution in [0.4, 0.5) is 33.4 Å². The molecule has 5 aromatic rings. The number of urea groups is 1. The summed E-state index contributed by atoms with van der Waals surface area (Å²) in [7, 11) is 3.53. The molecular weight excluding hydrogens is 548 g/mol. The minimum Gasteiger partial charge on any atom is -0.481 e. The molecule has 6 rings (SSSR count). The van der Waals surface area contributed by atoms with E-state index in [1.54, 1.807) is 18.0 Å². The Kier molecular flexibility index (Phi) is 7.96. The maximum Gasteiger partial charge on any atom is 0.323 e. The maximum atomic E-state index is 12.7. The van der Waals surface area contributed by atoms with Crippen molar-refractivity contribution < 1.29 is 14.3 Å². The molecule has 1 aliphatic rings. The smallest absolute Gasteiger partial charge is 0.323 e. The van der Waals surface area contributed by atoms with Gasteiger partial charge in [0.15, 0.2) is 22.8 Å². The van der Waals surface area contributed by atoms with Crippen LogP contribution in [0.15, 0.2) is 66.9 Å². The van der Waals surface area contributed by atoms with Crippen LogP contribution in [0.1, 0.15) is 6.92 Å². The summed E-state index contributed by atoms with van der Waals surface area (Å²) < 4.78 is 12.4. The zero-order valence-electron chi connectivity index (χ0n) is 24.2. The highest BCUT2D eigenvalue weighted by atomic mass is 16.5. The van der Waals surface area contributed by atoms with Gasteiger partial charge in [-0.15, -0.1) is 5.10 Å². The van der Waals surface area contributed by atoms with Crippen molar-refractivity contribution >= 4 is 45.8 Å². The topological polar surface area (TPSA) is 135 Å². The van der Waals surface area contributed by atoms with Crippen molar-refractivity contribution in [3.05, 3.63) is 66.9 Å². The number of morpholine rings is 1. The van der Waals surface area contributed by atoms with E-state index in [0.717, 1.165) is 35.8 Å². The van der Waals surface area contributed by atoms with Crippen LogP contribution in [-0.4, -0.2) is 76.4 Å². The molecule has 1 aliphatic heterocycles. The summed E-state index contributed by atoms with van der Waals surface area (Å²) >= 11 is 0. The molecule has 3 aromatic heterocycles. The Bertz CT molecular complexity index is 1700. The molecule has 43 heavy (non-hydrogen) atoms. The number of pyridine rings is 1. The van der Waals surface area contributed by atoms with Gasteiger partial charge < -0.3 is 29.9 Å². The summed E-state index contributed by atoms with van der Waals surface area (Å²) in [6.07, 6.45) is 1.74. The number of methoxy groups -OCH3 is 1. The molecular formula is C30H32N10O3. The van der Waals surface area contributed by atoms with Crippen molar-refractivity contribution in [1.29, 1.82) is 0 Å². The second-order valence-corrected chi connectivity index (χ2v) is 9.87. The summed E-state index contributed by atoms with van der Waals surface area (Å²) in [6, 6.07) is 18.4. The molecule has 0 saturated carbocycles. The molecule has 0 bridgehead atoms. The molecule has 1 fully saturated rings. The number of carbonyl (C=O) groups excluding carboxylic acids is 1. The zero-order valence-corrected chi connectivity index (χ0v) is 24.2. The number of aromatic nitrogens is 6. The Labute approximate surface area is 248 Å². The molecule has 0 unspecified atom stereocenters. The SMILES string of the molecule is CCn1nnc2c(N3CCOCC3)nc(-c3ccc(NC(=O)Nc4ccc(N(C)c5ccc(OC)nc5)cc4)cc3)nc21. The minimum atomic E-state index is -0.349. The largest absolute Gasteiger partial charge is 0.481 e. The summed E-state index contributed by atoms with van der Waals surface area (Å²) in [6.45, 7) is 5.36. The van der Waals surface area contributed by atoms with Crippen LogP contribution < -0.4 is 25.2 Å². The molecule has 4 heterocycles. The highest BCUT2D eigenvalue weighted by molar-refractivity contribution is 6.00. The molecule has 220 valence electrons. The van der Waals surface area contributed by atoms with Gasteiger partial charge in [0.2, 0.25) is 5.88 Å². The molecule has 13 heteroatoms. The number of anilines is 5. The van der Waals surface area contributed by atoms with Gasteiger partial charge >= 0.3 is 6.03 Å². The number of rotatable bonds is 8. The fourth-order valence-electron chi connectivity index (χ4n) is 4.78. The van der Waals surface area contributed by atoms with Gasteiger partial charge in [-0.1, -0.05) is 5.21 Å². The Morgan fingerprint density at radius 2 is 1.63 bits per heavy atom. The van der Waals surface area contributed by atoms with Crippen LogP contribution in [0, 0.1) is 0 Å². The van der Waals surface area contributed by atoms with Gasteiger partial charge in [0.05, 0.1) is 32.2 Å². The van der Waals surface area contributed by atoms with Gasteiger partial charge in [0, 0.05) is 55.4 Å². The molecule has 2 amide bonds. The van der Waals surface area contributed by atoms with Gasteiger partial charge in [-0.25, -0.2) is 24.4 Å². The van der Waals surface area contributed by atoms with E-state index in [4.69, 9.17) is 19.4 Å². The first-order chi connectivity index (χ1) is 21.0. The van der Waals surface area contributed by atoms with Crippen LogP contribution in [0.5, 0.6) is 5.88 Å². The Hall–Kier alpha value is -5.30. The maximum absolute atomic E-state index is 12.7. The van der Waals surface area contributed by atoms with Gasteiger partial charge in [0.1, 0.15) is 0 Å². The normalized spacial score (nSPS) is 13.1. The van der Waals surface area contributed by atoms with E-state index in [2.05, 4.69) is 30.8 Å². The second kappa shape index (κ2) is 12.3. The lowest BCUT2D eigenvalue weighted by molar-refractivity contribution is 0.122. The number of aryl methyl sites for hydroxylation is 1. The summed E-state index contributed by atoms with van der Waals surface area (Å²) in [5.74, 6) is 1.88. The highest BCUT2D eigenvalue weighted by Gasteiger charge is 2.21. The van der Waals surface area contributed by atoms with Crippen molar-refractivity contribution in [2.45, 2.75) is 13.5 Å². The first-order valence-electron chi connectivity index (χ1n) is 14.0. The fourth-order valence-corrected chi connectivity index (χ4v) is 4.78. The van der Waals surface area contributed by atoms with E-state index < -0.39 is 0 Å². The van der Waals surface area contributed by atoms with E-state index in [1.807, 2.05) is 79.5 Å². The van der Waals surface area contributed by atoms with Crippen molar-refractivity contribution in [1.82, 2.24) is 29.9 Å². The molecule has 2 aromatic carbocycles. The average Bonchev–Trinajstić information content (AvgIpc) is 3.48. The Morgan fingerprint density at radius 3 is 2.26 bits per heavy atom. The first-order valence-corrected chi connectivity index (χ1v) is 14.0. The molecule has 2 N–H and O–H groups in total. The summed E-state index contributed by atoms with van der Waals surface area (Å²) in [5.41, 5.74) is 5.35. The zero-order chi connectivity index (χ0) is 29.8. The number of nitrogens with zero attached hydrogens (tertiary/aromatic N) is 8.